The Morgan fingerprint density at radius 3 is 2.41 bits per heavy atom. The molecule has 1 aliphatic carbocycles. The molecule has 0 unspecified atom stereocenters. The van der Waals surface area contributed by atoms with Crippen LogP contribution in [-0.4, -0.2) is 82.7 Å². The molecule has 1 N–H and O–H groups in total. The van der Waals surface area contributed by atoms with Crippen LogP contribution in [0.4, 0.5) is 4.39 Å². The van der Waals surface area contributed by atoms with Crippen LogP contribution in [-0.2, 0) is 10.0 Å². The molecular weight excluding hydrogens is 579 g/mol. The van der Waals surface area contributed by atoms with Gasteiger partial charge < -0.3 is 9.80 Å². The quantitative estimate of drug-likeness (QED) is 0.324. The number of fused-ring (bicyclic) bond motifs is 1. The number of rotatable bonds is 10. The lowest BCUT2D eigenvalue weighted by atomic mass is 9.85. The summed E-state index contributed by atoms with van der Waals surface area (Å²) in [7, 11) is -3.15. The summed E-state index contributed by atoms with van der Waals surface area (Å²) in [6.07, 6.45) is 7.63. The second-order valence-electron chi connectivity index (χ2n) is 12.8. The third-order valence-electron chi connectivity index (χ3n) is 9.51. The van der Waals surface area contributed by atoms with E-state index in [1.54, 1.807) is 24.1 Å². The number of aryl methyl sites for hydroxylation is 1. The minimum Gasteiger partial charge on any atom is -0.336 e. The molecule has 5 rings (SSSR count). The molecular formula is C33H47FN6O3S. The number of likely N-dealkylation sites (tertiary alicyclic amines) is 1. The number of carbonyl (C=O) groups excluding carboxylic acids is 1. The summed E-state index contributed by atoms with van der Waals surface area (Å²) in [4.78, 5) is 22.5. The van der Waals surface area contributed by atoms with E-state index < -0.39 is 15.8 Å². The van der Waals surface area contributed by atoms with Crippen LogP contribution in [0.15, 0.2) is 30.5 Å². The standard InChI is InChI=1S/C33H47FN6O3S/c1-6-39(22(3)4)33(41)30-18-26(34)10-13-28(30)29-19-31(36-40-23(5)35-20-32(29)40)25-14-16-38(17-15-25)21-24-8-11-27(12-9-24)37-44(42,43)7-2/h10,13,18-20,22,24-25,27,37H,6-9,11-12,14-17,21H2,1-5H3. The Kier molecular flexibility index (Phi) is 10.1. The van der Waals surface area contributed by atoms with Crippen LogP contribution >= 0.6 is 0 Å². The van der Waals surface area contributed by atoms with Crippen molar-refractivity contribution in [1.29, 1.82) is 0 Å². The number of nitrogens with one attached hydrogen (secondary N) is 1. The predicted molar refractivity (Wildman–Crippen MR) is 172 cm³/mol. The van der Waals surface area contributed by atoms with E-state index >= 15 is 0 Å². The van der Waals surface area contributed by atoms with Gasteiger partial charge in [-0.2, -0.15) is 5.10 Å². The average molecular weight is 627 g/mol. The van der Waals surface area contributed by atoms with E-state index in [1.165, 1.54) is 12.1 Å². The number of imidazole rings is 1. The van der Waals surface area contributed by atoms with Crippen molar-refractivity contribution in [3.63, 3.8) is 0 Å². The highest BCUT2D eigenvalue weighted by atomic mass is 32.2. The summed E-state index contributed by atoms with van der Waals surface area (Å²) in [6, 6.07) is 6.63. The van der Waals surface area contributed by atoms with Gasteiger partial charge in [0.15, 0.2) is 0 Å². The summed E-state index contributed by atoms with van der Waals surface area (Å²) >= 11 is 0. The molecule has 1 saturated heterocycles. The van der Waals surface area contributed by atoms with E-state index in [0.29, 0.717) is 23.6 Å². The second kappa shape index (κ2) is 13.6. The molecule has 0 radical (unpaired) electrons. The molecule has 2 aliphatic rings. The maximum atomic E-state index is 14.6. The normalized spacial score (nSPS) is 20.4. The summed E-state index contributed by atoms with van der Waals surface area (Å²) < 4.78 is 43.2. The van der Waals surface area contributed by atoms with Crippen LogP contribution in [0.25, 0.3) is 16.6 Å². The van der Waals surface area contributed by atoms with E-state index in [1.807, 2.05) is 32.2 Å². The van der Waals surface area contributed by atoms with Crippen LogP contribution in [0, 0.1) is 18.7 Å². The number of sulfonamides is 1. The Bertz CT molecular complexity index is 1570. The van der Waals surface area contributed by atoms with Gasteiger partial charge in [0.2, 0.25) is 10.0 Å². The number of nitrogens with zero attached hydrogens (tertiary/aromatic N) is 5. The maximum absolute atomic E-state index is 14.6. The summed E-state index contributed by atoms with van der Waals surface area (Å²) in [5.74, 6) is 1.13. The second-order valence-corrected chi connectivity index (χ2v) is 14.8. The fourth-order valence-corrected chi connectivity index (χ4v) is 7.84. The van der Waals surface area contributed by atoms with Gasteiger partial charge in [-0.1, -0.05) is 6.07 Å². The average Bonchev–Trinajstić information content (AvgIpc) is 3.38. The van der Waals surface area contributed by atoms with E-state index in [2.05, 4.69) is 20.7 Å². The van der Waals surface area contributed by atoms with Gasteiger partial charge in [-0.15, -0.1) is 0 Å². The van der Waals surface area contributed by atoms with Crippen molar-refractivity contribution in [2.24, 2.45) is 5.92 Å². The van der Waals surface area contributed by atoms with Crippen molar-refractivity contribution in [2.75, 3.05) is 31.9 Å². The fourth-order valence-electron chi connectivity index (χ4n) is 6.93. The van der Waals surface area contributed by atoms with Gasteiger partial charge in [0.05, 0.1) is 28.7 Å². The highest BCUT2D eigenvalue weighted by Gasteiger charge is 2.29. The van der Waals surface area contributed by atoms with Crippen LogP contribution in [0.3, 0.4) is 0 Å². The van der Waals surface area contributed by atoms with Crippen molar-refractivity contribution in [3.05, 3.63) is 53.4 Å². The third-order valence-corrected chi connectivity index (χ3v) is 11.0. The topological polar surface area (TPSA) is 99.9 Å². The summed E-state index contributed by atoms with van der Waals surface area (Å²) in [5, 5.41) is 5.01. The third kappa shape index (κ3) is 7.15. The van der Waals surface area contributed by atoms with E-state index in [4.69, 9.17) is 5.10 Å². The fraction of sp³-hybridized carbons (Fsp3) is 0.606. The minimum absolute atomic E-state index is 0.0112. The highest BCUT2D eigenvalue weighted by Crippen LogP contribution is 2.35. The lowest BCUT2D eigenvalue weighted by molar-refractivity contribution is 0.0717. The number of aromatic nitrogens is 3. The smallest absolute Gasteiger partial charge is 0.254 e. The molecule has 0 bridgehead atoms. The Hall–Kier alpha value is -2.89. The molecule has 1 aliphatic heterocycles. The number of hydrogen-bond donors (Lipinski definition) is 1. The molecule has 9 nitrogen and oxygen atoms in total. The first-order valence-corrected chi connectivity index (χ1v) is 17.8. The first-order chi connectivity index (χ1) is 21.0. The molecule has 2 fully saturated rings. The van der Waals surface area contributed by atoms with E-state index in [-0.39, 0.29) is 29.7 Å². The number of halogens is 1. The molecule has 44 heavy (non-hydrogen) atoms. The van der Waals surface area contributed by atoms with Crippen molar-refractivity contribution >= 4 is 21.4 Å². The molecule has 2 aromatic heterocycles. The molecule has 0 spiro atoms. The molecule has 3 heterocycles. The molecule has 3 aromatic rings. The van der Waals surface area contributed by atoms with Gasteiger partial charge in [0.25, 0.3) is 5.91 Å². The SMILES string of the molecule is CCN(C(=O)c1cc(F)ccc1-c1cc(C2CCN(CC3CCC(NS(=O)(=O)CC)CC3)CC2)nn2c(C)ncc12)C(C)C. The van der Waals surface area contributed by atoms with Crippen LogP contribution < -0.4 is 4.72 Å². The maximum Gasteiger partial charge on any atom is 0.254 e. The van der Waals surface area contributed by atoms with Crippen molar-refractivity contribution in [3.8, 4) is 11.1 Å². The lowest BCUT2D eigenvalue weighted by Crippen LogP contribution is -2.41. The number of carbonyl (C=O) groups is 1. The van der Waals surface area contributed by atoms with Gasteiger partial charge in [-0.3, -0.25) is 4.79 Å². The van der Waals surface area contributed by atoms with Crippen molar-refractivity contribution in [1.82, 2.24) is 29.1 Å². The van der Waals surface area contributed by atoms with E-state index in [0.717, 1.165) is 80.8 Å². The molecule has 11 heteroatoms. The number of benzene rings is 1. The van der Waals surface area contributed by atoms with E-state index in [9.17, 15) is 17.6 Å². The van der Waals surface area contributed by atoms with Crippen LogP contribution in [0.1, 0.15) is 94.0 Å². The van der Waals surface area contributed by atoms with Crippen LogP contribution in [0.2, 0.25) is 0 Å². The summed E-state index contributed by atoms with van der Waals surface area (Å²) in [6.45, 7) is 13.0. The van der Waals surface area contributed by atoms with Crippen molar-refractivity contribution < 1.29 is 17.6 Å². The molecule has 0 atom stereocenters. The molecule has 240 valence electrons. The zero-order valence-corrected chi connectivity index (χ0v) is 27.5. The largest absolute Gasteiger partial charge is 0.336 e. The number of piperidine rings is 1. The van der Waals surface area contributed by atoms with Crippen molar-refractivity contribution in [2.45, 2.75) is 91.1 Å². The molecule has 1 aromatic carbocycles. The first-order valence-electron chi connectivity index (χ1n) is 16.2. The first kappa shape index (κ1) is 32.5. The zero-order chi connectivity index (χ0) is 31.6. The van der Waals surface area contributed by atoms with Gasteiger partial charge >= 0.3 is 0 Å². The van der Waals surface area contributed by atoms with Crippen LogP contribution in [0.5, 0.6) is 0 Å². The molecule has 1 saturated carbocycles. The minimum atomic E-state index is -3.15. The monoisotopic (exact) mass is 626 g/mol. The Labute approximate surface area is 261 Å². The highest BCUT2D eigenvalue weighted by molar-refractivity contribution is 7.89. The van der Waals surface area contributed by atoms with Gasteiger partial charge in [0, 0.05) is 36.7 Å². The molecule has 1 amide bonds. The number of amides is 1. The lowest BCUT2D eigenvalue weighted by Gasteiger charge is -2.36. The predicted octanol–water partition coefficient (Wildman–Crippen LogP) is 5.39. The van der Waals surface area contributed by atoms with Gasteiger partial charge in [-0.05, 0) is 116 Å². The Balaban J connectivity index is 1.33. The zero-order valence-electron chi connectivity index (χ0n) is 26.7. The Morgan fingerprint density at radius 1 is 1.07 bits per heavy atom. The van der Waals surface area contributed by atoms with Gasteiger partial charge in [-0.25, -0.2) is 27.0 Å². The number of hydrogen-bond acceptors (Lipinski definition) is 6. The Morgan fingerprint density at radius 2 is 1.77 bits per heavy atom. The van der Waals surface area contributed by atoms with Gasteiger partial charge in [0.1, 0.15) is 11.6 Å². The summed E-state index contributed by atoms with van der Waals surface area (Å²) in [5.41, 5.74) is 3.66.